The normalized spacial score (nSPS) is 10.2. The summed E-state index contributed by atoms with van der Waals surface area (Å²) in [5, 5.41) is 3.81. The number of aromatic nitrogens is 1. The highest BCUT2D eigenvalue weighted by atomic mass is 127. The van der Waals surface area contributed by atoms with Crippen molar-refractivity contribution in [3.05, 3.63) is 33.9 Å². The molecule has 3 nitrogen and oxygen atoms in total. The van der Waals surface area contributed by atoms with E-state index in [1.165, 1.54) is 3.57 Å². The van der Waals surface area contributed by atoms with Crippen LogP contribution in [0.1, 0.15) is 0 Å². The van der Waals surface area contributed by atoms with Crippen LogP contribution in [0.25, 0.3) is 11.3 Å². The molecular weight excluding hydrogens is 279 g/mol. The van der Waals surface area contributed by atoms with Crippen LogP contribution in [0, 0.1) is 3.57 Å². The van der Waals surface area contributed by atoms with Crippen molar-refractivity contribution in [3.63, 3.8) is 0 Å². The number of hydrogen-bond acceptors (Lipinski definition) is 3. The van der Waals surface area contributed by atoms with Gasteiger partial charge < -0.3 is 10.3 Å². The summed E-state index contributed by atoms with van der Waals surface area (Å²) in [5.41, 5.74) is 7.20. The predicted molar refractivity (Wildman–Crippen MR) is 59.1 cm³/mol. The Kier molecular flexibility index (Phi) is 2.22. The van der Waals surface area contributed by atoms with E-state index in [0.29, 0.717) is 5.88 Å². The van der Waals surface area contributed by atoms with E-state index in [1.54, 1.807) is 6.07 Å². The maximum absolute atomic E-state index is 5.42. The number of rotatable bonds is 1. The number of nitrogens with two attached hydrogens (primary N) is 1. The van der Waals surface area contributed by atoms with Crippen molar-refractivity contribution in [2.24, 2.45) is 0 Å². The molecule has 0 amide bonds. The van der Waals surface area contributed by atoms with Crippen molar-refractivity contribution in [1.82, 2.24) is 5.16 Å². The van der Waals surface area contributed by atoms with Gasteiger partial charge in [-0.3, -0.25) is 0 Å². The van der Waals surface area contributed by atoms with E-state index in [-0.39, 0.29) is 0 Å². The minimum absolute atomic E-state index is 0.341. The van der Waals surface area contributed by atoms with E-state index in [4.69, 9.17) is 10.3 Å². The second kappa shape index (κ2) is 3.37. The Morgan fingerprint density at radius 3 is 2.46 bits per heavy atom. The van der Waals surface area contributed by atoms with Gasteiger partial charge in [-0.25, -0.2) is 0 Å². The Morgan fingerprint density at radius 2 is 1.92 bits per heavy atom. The minimum Gasteiger partial charge on any atom is -0.368 e. The maximum atomic E-state index is 5.42. The lowest BCUT2D eigenvalue weighted by Gasteiger charge is -1.93. The van der Waals surface area contributed by atoms with Crippen molar-refractivity contribution in [2.75, 3.05) is 5.73 Å². The van der Waals surface area contributed by atoms with Crippen molar-refractivity contribution < 1.29 is 4.52 Å². The molecule has 0 aliphatic heterocycles. The van der Waals surface area contributed by atoms with Gasteiger partial charge in [-0.1, -0.05) is 17.3 Å². The Labute approximate surface area is 89.1 Å². The summed E-state index contributed by atoms with van der Waals surface area (Å²) < 4.78 is 5.97. The Hall–Kier alpha value is -1.04. The quantitative estimate of drug-likeness (QED) is 0.819. The molecule has 0 bridgehead atoms. The number of halogens is 1. The Balaban J connectivity index is 2.41. The molecule has 1 heterocycles. The van der Waals surface area contributed by atoms with Crippen LogP contribution in [-0.2, 0) is 0 Å². The first-order chi connectivity index (χ1) is 6.25. The molecule has 4 heteroatoms. The van der Waals surface area contributed by atoms with Gasteiger partial charge in [0, 0.05) is 15.2 Å². The van der Waals surface area contributed by atoms with Gasteiger partial charge in [0.15, 0.2) is 0 Å². The third kappa shape index (κ3) is 1.82. The largest absolute Gasteiger partial charge is 0.368 e. The van der Waals surface area contributed by atoms with Gasteiger partial charge in [0.2, 0.25) is 5.88 Å². The van der Waals surface area contributed by atoms with Gasteiger partial charge in [-0.2, -0.15) is 0 Å². The van der Waals surface area contributed by atoms with E-state index >= 15 is 0 Å². The van der Waals surface area contributed by atoms with E-state index in [0.717, 1.165) is 11.3 Å². The summed E-state index contributed by atoms with van der Waals surface area (Å²) >= 11 is 2.25. The van der Waals surface area contributed by atoms with Crippen LogP contribution in [0.5, 0.6) is 0 Å². The van der Waals surface area contributed by atoms with Crippen LogP contribution < -0.4 is 5.73 Å². The van der Waals surface area contributed by atoms with Gasteiger partial charge in [-0.05, 0) is 34.7 Å². The molecule has 66 valence electrons. The Morgan fingerprint density at radius 1 is 1.23 bits per heavy atom. The molecule has 0 unspecified atom stereocenters. The highest BCUT2D eigenvalue weighted by Crippen LogP contribution is 2.20. The fraction of sp³-hybridized carbons (Fsp3) is 0. The number of hydrogen-bond donors (Lipinski definition) is 1. The van der Waals surface area contributed by atoms with Crippen molar-refractivity contribution in [3.8, 4) is 11.3 Å². The summed E-state index contributed by atoms with van der Waals surface area (Å²) in [6.45, 7) is 0. The highest BCUT2D eigenvalue weighted by molar-refractivity contribution is 14.1. The third-order valence-corrected chi connectivity index (χ3v) is 2.39. The molecule has 1 aromatic heterocycles. The number of benzene rings is 1. The zero-order valence-electron chi connectivity index (χ0n) is 6.70. The first-order valence-electron chi connectivity index (χ1n) is 3.74. The summed E-state index contributed by atoms with van der Waals surface area (Å²) in [6, 6.07) is 9.71. The topological polar surface area (TPSA) is 52.0 Å². The van der Waals surface area contributed by atoms with Crippen LogP contribution in [-0.4, -0.2) is 5.16 Å². The van der Waals surface area contributed by atoms with Crippen LogP contribution in [0.15, 0.2) is 34.9 Å². The lowest BCUT2D eigenvalue weighted by atomic mass is 10.2. The predicted octanol–water partition coefficient (Wildman–Crippen LogP) is 2.53. The molecule has 2 rings (SSSR count). The van der Waals surface area contributed by atoms with E-state index in [2.05, 4.69) is 27.7 Å². The van der Waals surface area contributed by atoms with Crippen LogP contribution in [0.3, 0.4) is 0 Å². The van der Waals surface area contributed by atoms with Crippen LogP contribution in [0.2, 0.25) is 0 Å². The molecule has 0 aliphatic carbocycles. The fourth-order valence-electron chi connectivity index (χ4n) is 1.05. The van der Waals surface area contributed by atoms with Gasteiger partial charge >= 0.3 is 0 Å². The molecule has 0 radical (unpaired) electrons. The van der Waals surface area contributed by atoms with Crippen LogP contribution >= 0.6 is 22.6 Å². The van der Waals surface area contributed by atoms with Crippen LogP contribution in [0.4, 0.5) is 5.88 Å². The van der Waals surface area contributed by atoms with Gasteiger partial charge in [-0.15, -0.1) is 0 Å². The standard InChI is InChI=1S/C9H7IN2O/c10-7-3-1-6(2-4-7)8-5-9(11)13-12-8/h1-5H,11H2. The van der Waals surface area contributed by atoms with Gasteiger partial charge in [0.25, 0.3) is 0 Å². The van der Waals surface area contributed by atoms with E-state index in [1.807, 2.05) is 24.3 Å². The van der Waals surface area contributed by atoms with E-state index < -0.39 is 0 Å². The lowest BCUT2D eigenvalue weighted by Crippen LogP contribution is -1.77. The monoisotopic (exact) mass is 286 g/mol. The molecular formula is C9H7IN2O. The second-order valence-electron chi connectivity index (χ2n) is 2.62. The molecule has 0 saturated carbocycles. The van der Waals surface area contributed by atoms with Gasteiger partial charge in [0.1, 0.15) is 5.69 Å². The zero-order valence-corrected chi connectivity index (χ0v) is 8.86. The lowest BCUT2D eigenvalue weighted by molar-refractivity contribution is 0.439. The molecule has 0 fully saturated rings. The molecule has 0 spiro atoms. The van der Waals surface area contributed by atoms with Crippen molar-refractivity contribution >= 4 is 28.5 Å². The molecule has 0 atom stereocenters. The summed E-state index contributed by atoms with van der Waals surface area (Å²) in [7, 11) is 0. The average molecular weight is 286 g/mol. The first-order valence-corrected chi connectivity index (χ1v) is 4.82. The third-order valence-electron chi connectivity index (χ3n) is 1.67. The number of nitrogen functional groups attached to an aromatic ring is 1. The molecule has 13 heavy (non-hydrogen) atoms. The van der Waals surface area contributed by atoms with E-state index in [9.17, 15) is 0 Å². The van der Waals surface area contributed by atoms with Crippen molar-refractivity contribution in [2.45, 2.75) is 0 Å². The minimum atomic E-state index is 0.341. The number of nitrogens with zero attached hydrogens (tertiary/aromatic N) is 1. The molecule has 1 aromatic carbocycles. The summed E-state index contributed by atoms with van der Waals surface area (Å²) in [4.78, 5) is 0. The zero-order chi connectivity index (χ0) is 9.26. The second-order valence-corrected chi connectivity index (χ2v) is 3.87. The molecule has 2 N–H and O–H groups in total. The fourth-order valence-corrected chi connectivity index (χ4v) is 1.41. The maximum Gasteiger partial charge on any atom is 0.222 e. The summed E-state index contributed by atoms with van der Waals surface area (Å²) in [5.74, 6) is 0.341. The highest BCUT2D eigenvalue weighted by Gasteiger charge is 2.02. The number of anilines is 1. The Bertz CT molecular complexity index is 408. The molecule has 0 saturated heterocycles. The SMILES string of the molecule is Nc1cc(-c2ccc(I)cc2)no1. The van der Waals surface area contributed by atoms with Crippen molar-refractivity contribution in [1.29, 1.82) is 0 Å². The summed E-state index contributed by atoms with van der Waals surface area (Å²) in [6.07, 6.45) is 0. The first kappa shape index (κ1) is 8.55. The molecule has 2 aromatic rings. The molecule has 0 aliphatic rings. The van der Waals surface area contributed by atoms with Gasteiger partial charge in [0.05, 0.1) is 0 Å². The smallest absolute Gasteiger partial charge is 0.222 e. The average Bonchev–Trinajstić information content (AvgIpc) is 2.53.